The van der Waals surface area contributed by atoms with Gasteiger partial charge in [0.1, 0.15) is 5.75 Å². The molecule has 1 aromatic rings. The monoisotopic (exact) mass is 276 g/mol. The molecule has 0 unspecified atom stereocenters. The van der Waals surface area contributed by atoms with Crippen LogP contribution in [0.1, 0.15) is 18.9 Å². The number of nitrogen functional groups attached to an aromatic ring is 1. The van der Waals surface area contributed by atoms with Gasteiger partial charge in [0.2, 0.25) is 0 Å². The van der Waals surface area contributed by atoms with Gasteiger partial charge in [0.15, 0.2) is 0 Å². The first-order chi connectivity index (χ1) is 8.85. The van der Waals surface area contributed by atoms with E-state index in [-0.39, 0.29) is 6.54 Å². The third-order valence-electron chi connectivity index (χ3n) is 2.64. The number of benzene rings is 1. The van der Waals surface area contributed by atoms with E-state index in [2.05, 4.69) is 0 Å². The van der Waals surface area contributed by atoms with Crippen molar-refractivity contribution >= 4 is 5.69 Å². The fourth-order valence-electron chi connectivity index (χ4n) is 1.95. The highest BCUT2D eigenvalue weighted by molar-refractivity contribution is 5.47. The fourth-order valence-corrected chi connectivity index (χ4v) is 1.95. The number of hydrogen-bond acceptors (Lipinski definition) is 3. The lowest BCUT2D eigenvalue weighted by atomic mass is 10.1. The van der Waals surface area contributed by atoms with E-state index in [9.17, 15) is 13.2 Å². The third-order valence-corrected chi connectivity index (χ3v) is 2.64. The van der Waals surface area contributed by atoms with Crippen molar-refractivity contribution in [3.05, 3.63) is 23.8 Å². The van der Waals surface area contributed by atoms with E-state index in [4.69, 9.17) is 10.5 Å². The molecule has 0 heterocycles. The summed E-state index contributed by atoms with van der Waals surface area (Å²) in [6.07, 6.45) is -3.55. The zero-order valence-electron chi connectivity index (χ0n) is 11.1. The molecule has 1 aromatic carbocycles. The second-order valence-electron chi connectivity index (χ2n) is 4.40. The molecular formula is C13H19F3N2O. The van der Waals surface area contributed by atoms with Crippen molar-refractivity contribution in [2.24, 2.45) is 0 Å². The smallest absolute Gasteiger partial charge is 0.401 e. The van der Waals surface area contributed by atoms with Gasteiger partial charge < -0.3 is 10.5 Å². The molecule has 0 aliphatic rings. The normalized spacial score (nSPS) is 11.9. The molecule has 0 amide bonds. The number of anilines is 1. The van der Waals surface area contributed by atoms with E-state index in [1.165, 1.54) is 12.0 Å². The number of nitrogens with two attached hydrogens (primary N) is 1. The SMILES string of the molecule is CCCN(Cc1cc(N)ccc1OC)CC(F)(F)F. The van der Waals surface area contributed by atoms with Gasteiger partial charge in [-0.15, -0.1) is 0 Å². The first-order valence-corrected chi connectivity index (χ1v) is 6.07. The summed E-state index contributed by atoms with van der Waals surface area (Å²) in [4.78, 5) is 1.34. The summed E-state index contributed by atoms with van der Waals surface area (Å²) >= 11 is 0. The van der Waals surface area contributed by atoms with Crippen LogP contribution in [-0.2, 0) is 6.54 Å². The van der Waals surface area contributed by atoms with Gasteiger partial charge in [0, 0.05) is 17.8 Å². The molecule has 1 rings (SSSR count). The summed E-state index contributed by atoms with van der Waals surface area (Å²) < 4.78 is 42.6. The zero-order valence-corrected chi connectivity index (χ0v) is 11.1. The van der Waals surface area contributed by atoms with E-state index < -0.39 is 12.7 Å². The maximum Gasteiger partial charge on any atom is 0.401 e. The third kappa shape index (κ3) is 5.38. The molecule has 0 saturated carbocycles. The lowest BCUT2D eigenvalue weighted by Crippen LogP contribution is -2.34. The average Bonchev–Trinajstić information content (AvgIpc) is 2.27. The predicted molar refractivity (Wildman–Crippen MR) is 69.0 cm³/mol. The van der Waals surface area contributed by atoms with E-state index >= 15 is 0 Å². The average molecular weight is 276 g/mol. The van der Waals surface area contributed by atoms with Crippen LogP contribution in [0.15, 0.2) is 18.2 Å². The summed E-state index contributed by atoms with van der Waals surface area (Å²) in [5.41, 5.74) is 6.84. The predicted octanol–water partition coefficient (Wildman–Crippen LogP) is 3.05. The van der Waals surface area contributed by atoms with Gasteiger partial charge in [-0.2, -0.15) is 13.2 Å². The van der Waals surface area contributed by atoms with Crippen LogP contribution in [0.5, 0.6) is 5.75 Å². The van der Waals surface area contributed by atoms with E-state index in [1.807, 2.05) is 6.92 Å². The van der Waals surface area contributed by atoms with Gasteiger partial charge >= 0.3 is 6.18 Å². The minimum absolute atomic E-state index is 0.168. The van der Waals surface area contributed by atoms with Crippen LogP contribution in [0.4, 0.5) is 18.9 Å². The first-order valence-electron chi connectivity index (χ1n) is 6.07. The molecule has 0 aromatic heterocycles. The molecule has 0 aliphatic carbocycles. The van der Waals surface area contributed by atoms with Crippen LogP contribution in [0.2, 0.25) is 0 Å². The van der Waals surface area contributed by atoms with Crippen LogP contribution in [0, 0.1) is 0 Å². The van der Waals surface area contributed by atoms with Gasteiger partial charge in [-0.25, -0.2) is 0 Å². The van der Waals surface area contributed by atoms with Crippen LogP contribution >= 0.6 is 0 Å². The summed E-state index contributed by atoms with van der Waals surface area (Å²) in [5.74, 6) is 0.553. The van der Waals surface area contributed by atoms with Crippen LogP contribution in [0.25, 0.3) is 0 Å². The second kappa shape index (κ2) is 6.65. The molecule has 0 radical (unpaired) electrons. The Hall–Kier alpha value is -1.43. The Balaban J connectivity index is 2.86. The van der Waals surface area contributed by atoms with Gasteiger partial charge in [0.05, 0.1) is 13.7 Å². The number of ether oxygens (including phenoxy) is 1. The van der Waals surface area contributed by atoms with Gasteiger partial charge in [-0.1, -0.05) is 6.92 Å². The Bertz CT molecular complexity index is 407. The minimum atomic E-state index is -4.21. The van der Waals surface area contributed by atoms with E-state index in [0.29, 0.717) is 30.0 Å². The quantitative estimate of drug-likeness (QED) is 0.812. The largest absolute Gasteiger partial charge is 0.496 e. The first kappa shape index (κ1) is 15.6. The Morgan fingerprint density at radius 1 is 1.32 bits per heavy atom. The van der Waals surface area contributed by atoms with E-state index in [1.54, 1.807) is 18.2 Å². The summed E-state index contributed by atoms with van der Waals surface area (Å²) in [6, 6.07) is 4.98. The number of alkyl halides is 3. The molecule has 0 spiro atoms. The van der Waals surface area contributed by atoms with Crippen LogP contribution in [0.3, 0.4) is 0 Å². The molecule has 0 bridgehead atoms. The number of rotatable bonds is 6. The Kier molecular flexibility index (Phi) is 5.47. The highest BCUT2D eigenvalue weighted by Gasteiger charge is 2.30. The molecule has 19 heavy (non-hydrogen) atoms. The summed E-state index contributed by atoms with van der Waals surface area (Å²) in [5, 5.41) is 0. The highest BCUT2D eigenvalue weighted by atomic mass is 19.4. The van der Waals surface area contributed by atoms with Crippen molar-refractivity contribution in [3.63, 3.8) is 0 Å². The van der Waals surface area contributed by atoms with Crippen molar-refractivity contribution < 1.29 is 17.9 Å². The van der Waals surface area contributed by atoms with E-state index in [0.717, 1.165) is 0 Å². The fraction of sp³-hybridized carbons (Fsp3) is 0.538. The van der Waals surface area contributed by atoms with Gasteiger partial charge in [0.25, 0.3) is 0 Å². The molecule has 0 fully saturated rings. The number of nitrogens with zero attached hydrogens (tertiary/aromatic N) is 1. The second-order valence-corrected chi connectivity index (χ2v) is 4.40. The topological polar surface area (TPSA) is 38.5 Å². The number of methoxy groups -OCH3 is 1. The molecule has 0 aliphatic heterocycles. The van der Waals surface area contributed by atoms with Crippen LogP contribution < -0.4 is 10.5 Å². The summed E-state index contributed by atoms with van der Waals surface area (Å²) in [7, 11) is 1.49. The van der Waals surface area contributed by atoms with Crippen molar-refractivity contribution in [3.8, 4) is 5.75 Å². The number of hydrogen-bond donors (Lipinski definition) is 1. The molecular weight excluding hydrogens is 257 g/mol. The molecule has 0 saturated heterocycles. The van der Waals surface area contributed by atoms with Crippen molar-refractivity contribution in [2.45, 2.75) is 26.1 Å². The van der Waals surface area contributed by atoms with Crippen molar-refractivity contribution in [1.82, 2.24) is 4.90 Å². The molecule has 0 atom stereocenters. The van der Waals surface area contributed by atoms with Gasteiger partial charge in [-0.05, 0) is 31.2 Å². The number of halogens is 3. The van der Waals surface area contributed by atoms with Crippen molar-refractivity contribution in [2.75, 3.05) is 25.9 Å². The van der Waals surface area contributed by atoms with Gasteiger partial charge in [-0.3, -0.25) is 4.90 Å². The highest BCUT2D eigenvalue weighted by Crippen LogP contribution is 2.24. The zero-order chi connectivity index (χ0) is 14.5. The lowest BCUT2D eigenvalue weighted by Gasteiger charge is -2.24. The molecule has 6 heteroatoms. The maximum absolute atomic E-state index is 12.5. The van der Waals surface area contributed by atoms with Crippen LogP contribution in [-0.4, -0.2) is 31.3 Å². The Morgan fingerprint density at radius 2 is 2.00 bits per heavy atom. The molecule has 3 nitrogen and oxygen atoms in total. The Labute approximate surface area is 111 Å². The lowest BCUT2D eigenvalue weighted by molar-refractivity contribution is -0.147. The molecule has 108 valence electrons. The standard InChI is InChI=1S/C13H19F3N2O/c1-3-6-18(9-13(14,15)16)8-10-7-11(17)4-5-12(10)19-2/h4-5,7H,3,6,8-9,17H2,1-2H3. The van der Waals surface area contributed by atoms with Crippen molar-refractivity contribution in [1.29, 1.82) is 0 Å². The summed E-state index contributed by atoms with van der Waals surface area (Å²) in [6.45, 7) is 1.46. The Morgan fingerprint density at radius 3 is 2.53 bits per heavy atom. The molecule has 2 N–H and O–H groups in total. The minimum Gasteiger partial charge on any atom is -0.496 e. The maximum atomic E-state index is 12.5.